The molecule has 0 spiro atoms. The lowest BCUT2D eigenvalue weighted by atomic mass is 9.71. The number of amides is 1. The summed E-state index contributed by atoms with van der Waals surface area (Å²) < 4.78 is 12.2. The van der Waals surface area contributed by atoms with Gasteiger partial charge in [-0.25, -0.2) is 4.79 Å². The molecule has 1 fully saturated rings. The van der Waals surface area contributed by atoms with Crippen molar-refractivity contribution in [2.75, 3.05) is 0 Å². The van der Waals surface area contributed by atoms with E-state index in [1.165, 1.54) is 0 Å². The molecule has 7 heteroatoms. The van der Waals surface area contributed by atoms with Gasteiger partial charge in [-0.2, -0.15) is 5.10 Å². The first-order valence-corrected chi connectivity index (χ1v) is 13.9. The minimum Gasteiger partial charge on any atom is -0.454 e. The van der Waals surface area contributed by atoms with Crippen molar-refractivity contribution >= 4 is 17.1 Å². The number of hydrogen-bond donors (Lipinski definition) is 2. The molecule has 0 unspecified atom stereocenters. The first kappa shape index (κ1) is 26.6. The number of hydrogen-bond acceptors (Lipinski definition) is 5. The first-order valence-electron chi connectivity index (χ1n) is 13.9. The summed E-state index contributed by atoms with van der Waals surface area (Å²) >= 11 is 0. The Hall–Kier alpha value is -4.65. The summed E-state index contributed by atoms with van der Waals surface area (Å²) in [5, 5.41) is 10.8. The van der Waals surface area contributed by atoms with Crippen molar-refractivity contribution in [3.05, 3.63) is 100 Å². The lowest BCUT2D eigenvalue weighted by Crippen LogP contribution is -2.52. The maximum Gasteiger partial charge on any atom is 0.408 e. The molecule has 6 rings (SSSR count). The topological polar surface area (TPSA) is 97.2 Å². The Morgan fingerprint density at radius 3 is 2.29 bits per heavy atom. The molecule has 41 heavy (non-hydrogen) atoms. The summed E-state index contributed by atoms with van der Waals surface area (Å²) in [5.74, 6) is 0.509. The fraction of sp³-hybridized carbons (Fsp3) is 0.265. The molecule has 1 amide bonds. The molecule has 2 heterocycles. The molecule has 0 saturated heterocycles. The normalized spacial score (nSPS) is 14.4. The van der Waals surface area contributed by atoms with Crippen LogP contribution in [0.1, 0.15) is 51.3 Å². The molecule has 0 radical (unpaired) electrons. The van der Waals surface area contributed by atoms with E-state index in [1.807, 2.05) is 94.4 Å². The fourth-order valence-electron chi connectivity index (χ4n) is 5.58. The molecule has 2 N–H and O–H groups in total. The van der Waals surface area contributed by atoms with E-state index in [0.717, 1.165) is 52.8 Å². The number of aromatic amines is 1. The number of alkyl carbamates (subject to hydrolysis) is 1. The minimum atomic E-state index is -0.576. The average molecular weight is 548 g/mol. The van der Waals surface area contributed by atoms with Crippen LogP contribution < -0.4 is 10.7 Å². The fourth-order valence-corrected chi connectivity index (χ4v) is 5.58. The second-order valence-electron chi connectivity index (χ2n) is 11.7. The van der Waals surface area contributed by atoms with Crippen LogP contribution >= 0.6 is 0 Å². The molecule has 0 aliphatic heterocycles. The molecule has 0 atom stereocenters. The third-order valence-electron chi connectivity index (χ3n) is 7.75. The van der Waals surface area contributed by atoms with E-state index in [-0.39, 0.29) is 5.43 Å². The Morgan fingerprint density at radius 2 is 1.68 bits per heavy atom. The molecule has 3 aromatic carbocycles. The Bertz CT molecular complexity index is 1790. The van der Waals surface area contributed by atoms with Crippen molar-refractivity contribution in [1.82, 2.24) is 15.5 Å². The summed E-state index contributed by atoms with van der Waals surface area (Å²) in [4.78, 5) is 26.8. The van der Waals surface area contributed by atoms with Crippen molar-refractivity contribution in [2.45, 2.75) is 58.1 Å². The van der Waals surface area contributed by atoms with Crippen LogP contribution in [-0.4, -0.2) is 21.9 Å². The number of para-hydroxylation sites is 1. The lowest BCUT2D eigenvalue weighted by molar-refractivity contribution is 0.0377. The van der Waals surface area contributed by atoms with Crippen LogP contribution in [0.3, 0.4) is 0 Å². The van der Waals surface area contributed by atoms with E-state index in [2.05, 4.69) is 15.5 Å². The maximum atomic E-state index is 14.2. The summed E-state index contributed by atoms with van der Waals surface area (Å²) in [6, 6.07) is 23.2. The maximum absolute atomic E-state index is 14.2. The van der Waals surface area contributed by atoms with Gasteiger partial charge in [0.1, 0.15) is 16.9 Å². The summed E-state index contributed by atoms with van der Waals surface area (Å²) in [6.07, 6.45) is 4.00. The Kier molecular flexibility index (Phi) is 6.53. The lowest BCUT2D eigenvalue weighted by Gasteiger charge is -2.43. The summed E-state index contributed by atoms with van der Waals surface area (Å²) in [6.45, 7) is 7.51. The molecule has 1 saturated carbocycles. The number of aromatic nitrogens is 2. The number of aryl methyl sites for hydroxylation is 1. The van der Waals surface area contributed by atoms with Gasteiger partial charge in [-0.05, 0) is 64.2 Å². The molecule has 208 valence electrons. The van der Waals surface area contributed by atoms with Crippen LogP contribution in [0.15, 0.2) is 88.2 Å². The van der Waals surface area contributed by atoms with E-state index in [9.17, 15) is 9.59 Å². The van der Waals surface area contributed by atoms with Gasteiger partial charge in [0, 0.05) is 22.4 Å². The van der Waals surface area contributed by atoms with Crippen LogP contribution in [0.2, 0.25) is 0 Å². The van der Waals surface area contributed by atoms with E-state index in [4.69, 9.17) is 9.15 Å². The van der Waals surface area contributed by atoms with Crippen LogP contribution in [-0.2, 0) is 10.3 Å². The Balaban J connectivity index is 1.47. The third kappa shape index (κ3) is 4.92. The average Bonchev–Trinajstić information content (AvgIpc) is 3.35. The number of carbonyl (C=O) groups excluding carboxylic acids is 1. The first-order chi connectivity index (χ1) is 19.7. The highest BCUT2D eigenvalue weighted by Gasteiger charge is 2.41. The number of benzene rings is 3. The quantitative estimate of drug-likeness (QED) is 0.235. The number of carbonyl (C=O) groups is 1. The summed E-state index contributed by atoms with van der Waals surface area (Å²) in [7, 11) is 0. The second-order valence-corrected chi connectivity index (χ2v) is 11.7. The number of rotatable bonds is 5. The van der Waals surface area contributed by atoms with Crippen molar-refractivity contribution in [3.8, 4) is 33.6 Å². The van der Waals surface area contributed by atoms with Gasteiger partial charge in [0.25, 0.3) is 0 Å². The van der Waals surface area contributed by atoms with Crippen molar-refractivity contribution in [3.63, 3.8) is 0 Å². The molecule has 7 nitrogen and oxygen atoms in total. The minimum absolute atomic E-state index is 0.105. The molecule has 1 aliphatic rings. The zero-order chi connectivity index (χ0) is 28.8. The Morgan fingerprint density at radius 1 is 0.951 bits per heavy atom. The molecular weight excluding hydrogens is 514 g/mol. The van der Waals surface area contributed by atoms with Crippen LogP contribution in [0.4, 0.5) is 4.79 Å². The van der Waals surface area contributed by atoms with Gasteiger partial charge < -0.3 is 14.5 Å². The van der Waals surface area contributed by atoms with Crippen LogP contribution in [0.25, 0.3) is 44.5 Å². The largest absolute Gasteiger partial charge is 0.454 e. The van der Waals surface area contributed by atoms with Crippen LogP contribution in [0.5, 0.6) is 0 Å². The number of nitrogens with zero attached hydrogens (tertiary/aromatic N) is 1. The second kappa shape index (κ2) is 10.1. The van der Waals surface area contributed by atoms with E-state index in [0.29, 0.717) is 22.3 Å². The van der Waals surface area contributed by atoms with Gasteiger partial charge in [-0.3, -0.25) is 9.89 Å². The highest BCUT2D eigenvalue weighted by atomic mass is 16.6. The molecule has 1 aliphatic carbocycles. The number of fused-ring (bicyclic) bond motifs is 1. The number of nitrogens with one attached hydrogen (secondary N) is 2. The SMILES string of the molecule is Cc1[nH]ncc1-c1cccc2c(=O)c(-c3ccc(C4(NC(=O)OC(C)(C)C)CCC4)cc3)c(-c3ccccc3)oc12. The van der Waals surface area contributed by atoms with E-state index >= 15 is 0 Å². The standard InChI is InChI=1S/C34H33N3O4/c1-21-27(20-35-37-21)25-12-8-13-26-29(38)28(30(40-31(25)26)23-10-6-5-7-11-23)22-14-16-24(17-15-22)34(18-9-19-34)36-32(39)41-33(2,3)4/h5-8,10-17,20H,9,18-19H2,1-4H3,(H,35,37)(H,36,39). The van der Waals surface area contributed by atoms with Crippen molar-refractivity contribution in [1.29, 1.82) is 0 Å². The monoisotopic (exact) mass is 547 g/mol. The smallest absolute Gasteiger partial charge is 0.408 e. The van der Waals surface area contributed by atoms with Gasteiger partial charge in [0.15, 0.2) is 0 Å². The highest BCUT2D eigenvalue weighted by molar-refractivity contribution is 5.97. The summed E-state index contributed by atoms with van der Waals surface area (Å²) in [5.41, 5.74) is 5.01. The van der Waals surface area contributed by atoms with Gasteiger partial charge in [0.05, 0.1) is 22.7 Å². The van der Waals surface area contributed by atoms with Crippen molar-refractivity contribution in [2.24, 2.45) is 0 Å². The van der Waals surface area contributed by atoms with Crippen LogP contribution in [0, 0.1) is 6.92 Å². The van der Waals surface area contributed by atoms with Crippen molar-refractivity contribution < 1.29 is 13.9 Å². The molecule has 0 bridgehead atoms. The predicted octanol–water partition coefficient (Wildman–Crippen LogP) is 7.73. The molecule has 2 aromatic heterocycles. The third-order valence-corrected chi connectivity index (χ3v) is 7.75. The van der Waals surface area contributed by atoms with Gasteiger partial charge in [-0.1, -0.05) is 66.7 Å². The zero-order valence-corrected chi connectivity index (χ0v) is 23.7. The number of ether oxygens (including phenoxy) is 1. The Labute approximate surface area is 238 Å². The van der Waals surface area contributed by atoms with Gasteiger partial charge in [-0.15, -0.1) is 0 Å². The molecular formula is C34H33N3O4. The van der Waals surface area contributed by atoms with E-state index < -0.39 is 17.2 Å². The van der Waals surface area contributed by atoms with Gasteiger partial charge >= 0.3 is 6.09 Å². The molecule has 5 aromatic rings. The van der Waals surface area contributed by atoms with E-state index in [1.54, 1.807) is 12.3 Å². The zero-order valence-electron chi connectivity index (χ0n) is 23.7. The number of H-pyrrole nitrogens is 1. The predicted molar refractivity (Wildman–Crippen MR) is 161 cm³/mol. The highest BCUT2D eigenvalue weighted by Crippen LogP contribution is 2.43. The van der Waals surface area contributed by atoms with Gasteiger partial charge in [0.2, 0.25) is 5.43 Å².